The molecule has 0 unspecified atom stereocenters. The third-order valence-corrected chi connectivity index (χ3v) is 4.97. The lowest BCUT2D eigenvalue weighted by molar-refractivity contribution is -0.137. The maximum atomic E-state index is 14.3. The highest BCUT2D eigenvalue weighted by atomic mass is 19.4. The Hall–Kier alpha value is -3.70. The lowest BCUT2D eigenvalue weighted by Gasteiger charge is -2.15. The average Bonchev–Trinajstić information content (AvgIpc) is 3.41. The first kappa shape index (κ1) is 20.6. The zero-order chi connectivity index (χ0) is 22.4. The average molecular weight is 436 g/mol. The van der Waals surface area contributed by atoms with Crippen molar-refractivity contribution in [1.82, 2.24) is 25.3 Å². The molecule has 0 radical (unpaired) electrons. The fraction of sp³-hybridized carbons (Fsp3) is 0.263. The molecule has 1 amide bonds. The molecule has 1 aliphatic heterocycles. The zero-order valence-electron chi connectivity index (χ0n) is 16.1. The maximum absolute atomic E-state index is 14.3. The molecule has 0 saturated carbocycles. The van der Waals surface area contributed by atoms with Crippen molar-refractivity contribution >= 4 is 17.4 Å². The summed E-state index contributed by atoms with van der Waals surface area (Å²) in [4.78, 5) is 12.3. The van der Waals surface area contributed by atoms with Crippen LogP contribution in [0.3, 0.4) is 0 Å². The largest absolute Gasteiger partial charge is 0.419 e. The Kier molecular flexibility index (Phi) is 4.79. The monoisotopic (exact) mass is 436 g/mol. The quantitative estimate of drug-likeness (QED) is 0.471. The number of aryl methyl sites for hydroxylation is 1. The first-order chi connectivity index (χ1) is 14.6. The van der Waals surface area contributed by atoms with E-state index in [1.807, 2.05) is 0 Å². The van der Waals surface area contributed by atoms with Gasteiger partial charge in [-0.3, -0.25) is 9.48 Å². The van der Waals surface area contributed by atoms with E-state index in [4.69, 9.17) is 4.42 Å². The summed E-state index contributed by atoms with van der Waals surface area (Å²) in [6, 6.07) is 2.11. The molecule has 12 heteroatoms. The van der Waals surface area contributed by atoms with E-state index in [-0.39, 0.29) is 34.8 Å². The van der Waals surface area contributed by atoms with Gasteiger partial charge in [0.05, 0.1) is 11.3 Å². The summed E-state index contributed by atoms with van der Waals surface area (Å²) in [5.41, 5.74) is -2.20. The van der Waals surface area contributed by atoms with Gasteiger partial charge in [-0.25, -0.2) is 4.39 Å². The minimum Gasteiger partial charge on any atom is -0.419 e. The molecule has 0 aliphatic carbocycles. The summed E-state index contributed by atoms with van der Waals surface area (Å²) in [6.07, 6.45) is -1.32. The summed E-state index contributed by atoms with van der Waals surface area (Å²) in [5, 5.41) is 17.4. The van der Waals surface area contributed by atoms with Crippen molar-refractivity contribution in [3.63, 3.8) is 0 Å². The van der Waals surface area contributed by atoms with Crippen molar-refractivity contribution in [3.05, 3.63) is 54.3 Å². The second kappa shape index (κ2) is 7.22. The van der Waals surface area contributed by atoms with Crippen LogP contribution in [-0.2, 0) is 23.4 Å². The number of halogens is 4. The molecule has 2 aromatic heterocycles. The molecule has 1 aliphatic rings. The summed E-state index contributed by atoms with van der Waals surface area (Å²) in [5.74, 6) is -1.29. The molecule has 162 valence electrons. The van der Waals surface area contributed by atoms with E-state index in [1.165, 1.54) is 17.0 Å². The Morgan fingerprint density at radius 3 is 2.74 bits per heavy atom. The van der Waals surface area contributed by atoms with Gasteiger partial charge in [0.1, 0.15) is 16.8 Å². The Morgan fingerprint density at radius 2 is 2.13 bits per heavy atom. The standard InChI is InChI=1S/C19H16F4N6O2/c1-3-18(6-7-24-16(18)30)17-27-26-15(31-17)11-9-29(2)28-14(11)25-13-5-4-10(8-12(13)20)19(21,22)23/h3-5,8-9H,1,6-7H2,2H3,(H,24,30)(H,25,28)/t18-/m0/s1. The molecule has 0 spiro atoms. The normalized spacial score (nSPS) is 18.8. The molecular weight excluding hydrogens is 420 g/mol. The SMILES string of the molecule is C=C[C@]1(c2nnc(-c3cn(C)nc3Nc3ccc(C(F)(F)F)cc3F)o2)CCNC1=O. The number of rotatable bonds is 5. The van der Waals surface area contributed by atoms with Crippen LogP contribution in [0.2, 0.25) is 0 Å². The van der Waals surface area contributed by atoms with E-state index in [2.05, 4.69) is 32.5 Å². The van der Waals surface area contributed by atoms with Crippen LogP contribution >= 0.6 is 0 Å². The second-order valence-corrected chi connectivity index (χ2v) is 6.98. The first-order valence-corrected chi connectivity index (χ1v) is 9.08. The molecule has 1 aromatic carbocycles. The number of carbonyl (C=O) groups excluding carboxylic acids is 1. The molecule has 1 fully saturated rings. The van der Waals surface area contributed by atoms with Gasteiger partial charge in [-0.2, -0.15) is 18.3 Å². The number of alkyl halides is 3. The fourth-order valence-corrected chi connectivity index (χ4v) is 3.30. The van der Waals surface area contributed by atoms with Crippen LogP contribution in [0.15, 0.2) is 41.5 Å². The van der Waals surface area contributed by atoms with Crippen molar-refractivity contribution in [1.29, 1.82) is 0 Å². The Labute approximate surface area is 173 Å². The second-order valence-electron chi connectivity index (χ2n) is 6.98. The van der Waals surface area contributed by atoms with E-state index < -0.39 is 23.0 Å². The van der Waals surface area contributed by atoms with E-state index in [9.17, 15) is 22.4 Å². The van der Waals surface area contributed by atoms with Crippen molar-refractivity contribution in [2.75, 3.05) is 11.9 Å². The number of hydrogen-bond acceptors (Lipinski definition) is 6. The summed E-state index contributed by atoms with van der Waals surface area (Å²) in [7, 11) is 1.59. The molecule has 4 rings (SSSR count). The molecule has 8 nitrogen and oxygen atoms in total. The van der Waals surface area contributed by atoms with Crippen LogP contribution in [-0.4, -0.2) is 32.4 Å². The lowest BCUT2D eigenvalue weighted by Crippen LogP contribution is -2.33. The predicted molar refractivity (Wildman–Crippen MR) is 101 cm³/mol. The van der Waals surface area contributed by atoms with Crippen LogP contribution in [0.1, 0.15) is 17.9 Å². The molecule has 2 N–H and O–H groups in total. The Bertz CT molecular complexity index is 1170. The van der Waals surface area contributed by atoms with Crippen molar-refractivity contribution in [2.45, 2.75) is 18.0 Å². The van der Waals surface area contributed by atoms with Crippen LogP contribution in [0, 0.1) is 5.82 Å². The third-order valence-electron chi connectivity index (χ3n) is 4.97. The number of nitrogens with one attached hydrogen (secondary N) is 2. The molecule has 1 atom stereocenters. The van der Waals surface area contributed by atoms with E-state index in [0.29, 0.717) is 19.0 Å². The number of amides is 1. The minimum atomic E-state index is -4.66. The summed E-state index contributed by atoms with van der Waals surface area (Å²) < 4.78 is 59.7. The fourth-order valence-electron chi connectivity index (χ4n) is 3.30. The van der Waals surface area contributed by atoms with E-state index >= 15 is 0 Å². The van der Waals surface area contributed by atoms with Crippen LogP contribution in [0.25, 0.3) is 11.5 Å². The van der Waals surface area contributed by atoms with Gasteiger partial charge >= 0.3 is 6.18 Å². The van der Waals surface area contributed by atoms with Gasteiger partial charge in [-0.15, -0.1) is 16.8 Å². The van der Waals surface area contributed by atoms with Gasteiger partial charge in [-0.1, -0.05) is 6.08 Å². The smallest absolute Gasteiger partial charge is 0.416 e. The molecule has 3 aromatic rings. The topological polar surface area (TPSA) is 97.9 Å². The van der Waals surface area contributed by atoms with Gasteiger partial charge < -0.3 is 15.1 Å². The molecule has 1 saturated heterocycles. The third kappa shape index (κ3) is 3.53. The van der Waals surface area contributed by atoms with Gasteiger partial charge in [0, 0.05) is 19.8 Å². The Morgan fingerprint density at radius 1 is 1.35 bits per heavy atom. The van der Waals surface area contributed by atoms with Gasteiger partial charge in [0.25, 0.3) is 5.89 Å². The van der Waals surface area contributed by atoms with Gasteiger partial charge in [-0.05, 0) is 24.6 Å². The van der Waals surface area contributed by atoms with E-state index in [0.717, 1.165) is 12.1 Å². The van der Waals surface area contributed by atoms with E-state index in [1.54, 1.807) is 7.05 Å². The summed E-state index contributed by atoms with van der Waals surface area (Å²) in [6.45, 7) is 4.12. The molecule has 3 heterocycles. The number of nitrogens with zero attached hydrogens (tertiary/aromatic N) is 4. The molecular formula is C19H16F4N6O2. The van der Waals surface area contributed by atoms with Gasteiger partial charge in [0.2, 0.25) is 11.8 Å². The lowest BCUT2D eigenvalue weighted by atomic mass is 9.86. The zero-order valence-corrected chi connectivity index (χ0v) is 16.1. The number of carbonyl (C=O) groups is 1. The maximum Gasteiger partial charge on any atom is 0.416 e. The molecule has 31 heavy (non-hydrogen) atoms. The molecule has 0 bridgehead atoms. The minimum absolute atomic E-state index is 0.00107. The number of aromatic nitrogens is 4. The van der Waals surface area contributed by atoms with Crippen LogP contribution < -0.4 is 10.6 Å². The van der Waals surface area contributed by atoms with Crippen LogP contribution in [0.4, 0.5) is 29.1 Å². The first-order valence-electron chi connectivity index (χ1n) is 9.08. The highest BCUT2D eigenvalue weighted by molar-refractivity contribution is 5.91. The van der Waals surface area contributed by atoms with Crippen molar-refractivity contribution in [2.24, 2.45) is 7.05 Å². The Balaban J connectivity index is 1.67. The number of anilines is 2. The number of benzene rings is 1. The van der Waals surface area contributed by atoms with Crippen molar-refractivity contribution in [3.8, 4) is 11.5 Å². The highest BCUT2D eigenvalue weighted by Gasteiger charge is 2.46. The van der Waals surface area contributed by atoms with Crippen LogP contribution in [0.5, 0.6) is 0 Å². The highest BCUT2D eigenvalue weighted by Crippen LogP contribution is 2.36. The predicted octanol–water partition coefficient (Wildman–Crippen LogP) is 3.32. The van der Waals surface area contributed by atoms with Gasteiger partial charge in [0.15, 0.2) is 5.82 Å². The summed E-state index contributed by atoms with van der Waals surface area (Å²) >= 11 is 0. The van der Waals surface area contributed by atoms with Crippen molar-refractivity contribution < 1.29 is 26.8 Å². The number of hydrogen-bond donors (Lipinski definition) is 2.